The molecular weight excluding hydrogens is 280 g/mol. The fraction of sp³-hybridized carbons (Fsp3) is 0.357. The first-order valence-corrected chi connectivity index (χ1v) is 6.51. The van der Waals surface area contributed by atoms with Crippen molar-refractivity contribution in [3.63, 3.8) is 0 Å². The Morgan fingerprint density at radius 1 is 1.30 bits per heavy atom. The van der Waals surface area contributed by atoms with E-state index in [9.17, 15) is 5.11 Å². The van der Waals surface area contributed by atoms with Crippen LogP contribution in [0.3, 0.4) is 0 Å². The zero-order valence-electron chi connectivity index (χ0n) is 11.6. The number of aryl methyl sites for hydroxylation is 1. The normalized spacial score (nSPS) is 12.2. The number of ether oxygens (including phenoxy) is 2. The van der Waals surface area contributed by atoms with Crippen molar-refractivity contribution in [1.29, 1.82) is 0 Å². The van der Waals surface area contributed by atoms with Crippen molar-refractivity contribution in [3.8, 4) is 11.5 Å². The van der Waals surface area contributed by atoms with Crippen molar-refractivity contribution in [2.24, 2.45) is 7.05 Å². The maximum atomic E-state index is 10.3. The van der Waals surface area contributed by atoms with Crippen molar-refractivity contribution >= 4 is 11.6 Å². The second-order valence-corrected chi connectivity index (χ2v) is 4.78. The lowest BCUT2D eigenvalue weighted by Crippen LogP contribution is -2.05. The molecule has 0 aliphatic heterocycles. The second kappa shape index (κ2) is 6.15. The van der Waals surface area contributed by atoms with Crippen LogP contribution in [0.5, 0.6) is 11.5 Å². The number of aliphatic hydroxyl groups excluding tert-OH is 1. The quantitative estimate of drug-likeness (QED) is 0.920. The summed E-state index contributed by atoms with van der Waals surface area (Å²) in [6.45, 7) is 0. The molecule has 6 heteroatoms. The molecule has 1 aromatic heterocycles. The minimum Gasteiger partial charge on any atom is -0.493 e. The molecule has 0 bridgehead atoms. The third kappa shape index (κ3) is 2.89. The smallest absolute Gasteiger partial charge is 0.179 e. The van der Waals surface area contributed by atoms with Crippen molar-refractivity contribution in [2.75, 3.05) is 14.2 Å². The molecule has 108 valence electrons. The van der Waals surface area contributed by atoms with Gasteiger partial charge in [-0.2, -0.15) is 5.10 Å². The van der Waals surface area contributed by atoms with Gasteiger partial charge in [-0.15, -0.1) is 0 Å². The summed E-state index contributed by atoms with van der Waals surface area (Å²) in [6.07, 6.45) is 1.46. The van der Waals surface area contributed by atoms with E-state index >= 15 is 0 Å². The Balaban J connectivity index is 2.28. The van der Waals surface area contributed by atoms with Crippen LogP contribution in [0, 0.1) is 0 Å². The lowest BCUT2D eigenvalue weighted by molar-refractivity contribution is 0.176. The van der Waals surface area contributed by atoms with Crippen LogP contribution in [-0.4, -0.2) is 29.1 Å². The molecule has 2 rings (SSSR count). The first kappa shape index (κ1) is 14.7. The van der Waals surface area contributed by atoms with E-state index in [0.29, 0.717) is 28.5 Å². The summed E-state index contributed by atoms with van der Waals surface area (Å²) in [5, 5.41) is 14.9. The van der Waals surface area contributed by atoms with E-state index in [-0.39, 0.29) is 0 Å². The predicted molar refractivity (Wildman–Crippen MR) is 76.4 cm³/mol. The van der Waals surface area contributed by atoms with Crippen LogP contribution in [0.15, 0.2) is 24.4 Å². The number of hydrogen-bond acceptors (Lipinski definition) is 4. The van der Waals surface area contributed by atoms with E-state index in [1.165, 1.54) is 14.2 Å². The number of halogens is 1. The molecular formula is C14H17ClN2O3. The van der Waals surface area contributed by atoms with Gasteiger partial charge in [0, 0.05) is 25.2 Å². The molecule has 2 aromatic rings. The molecule has 1 N–H and O–H groups in total. The summed E-state index contributed by atoms with van der Waals surface area (Å²) in [6, 6.07) is 5.32. The molecule has 20 heavy (non-hydrogen) atoms. The Bertz CT molecular complexity index is 598. The first-order chi connectivity index (χ1) is 9.56. The number of rotatable bonds is 5. The van der Waals surface area contributed by atoms with Gasteiger partial charge >= 0.3 is 0 Å². The number of aromatic nitrogens is 2. The van der Waals surface area contributed by atoms with Crippen LogP contribution in [-0.2, 0) is 13.5 Å². The molecule has 1 atom stereocenters. The molecule has 1 unspecified atom stereocenters. The molecule has 5 nitrogen and oxygen atoms in total. The summed E-state index contributed by atoms with van der Waals surface area (Å²) >= 11 is 6.27. The molecule has 0 radical (unpaired) electrons. The molecule has 1 heterocycles. The number of methoxy groups -OCH3 is 2. The van der Waals surface area contributed by atoms with E-state index in [4.69, 9.17) is 21.1 Å². The van der Waals surface area contributed by atoms with Crippen LogP contribution >= 0.6 is 11.6 Å². The molecule has 0 fully saturated rings. The van der Waals surface area contributed by atoms with Crippen LogP contribution in [0.2, 0.25) is 5.02 Å². The largest absolute Gasteiger partial charge is 0.493 e. The van der Waals surface area contributed by atoms with Crippen LogP contribution in [0.4, 0.5) is 0 Å². The Morgan fingerprint density at radius 3 is 2.60 bits per heavy atom. The molecule has 1 aromatic carbocycles. The summed E-state index contributed by atoms with van der Waals surface area (Å²) in [7, 11) is 4.89. The molecule has 0 amide bonds. The maximum Gasteiger partial charge on any atom is 0.179 e. The standard InChI is InChI=1S/C14H17ClN2O3/c1-17-7-6-9(16-17)8-11(18)10-4-5-12(19-2)14(20-3)13(10)15/h4-7,11,18H,8H2,1-3H3. The highest BCUT2D eigenvalue weighted by Crippen LogP contribution is 2.40. The van der Waals surface area contributed by atoms with Gasteiger partial charge < -0.3 is 14.6 Å². The van der Waals surface area contributed by atoms with E-state index < -0.39 is 6.10 Å². The average Bonchev–Trinajstić information content (AvgIpc) is 2.83. The van der Waals surface area contributed by atoms with Gasteiger partial charge in [0.05, 0.1) is 31.0 Å². The highest BCUT2D eigenvalue weighted by atomic mass is 35.5. The lowest BCUT2D eigenvalue weighted by atomic mass is 10.0. The van der Waals surface area contributed by atoms with E-state index in [2.05, 4.69) is 5.10 Å². The van der Waals surface area contributed by atoms with Crippen molar-refractivity contribution in [2.45, 2.75) is 12.5 Å². The third-order valence-electron chi connectivity index (χ3n) is 3.05. The highest BCUT2D eigenvalue weighted by molar-refractivity contribution is 6.33. The van der Waals surface area contributed by atoms with Gasteiger partial charge in [0.1, 0.15) is 0 Å². The van der Waals surface area contributed by atoms with Gasteiger partial charge in [-0.25, -0.2) is 0 Å². The molecule has 0 aliphatic carbocycles. The van der Waals surface area contributed by atoms with Gasteiger partial charge in [0.25, 0.3) is 0 Å². The van der Waals surface area contributed by atoms with Crippen LogP contribution in [0.1, 0.15) is 17.4 Å². The minimum absolute atomic E-state index is 0.357. The SMILES string of the molecule is COc1ccc(C(O)Cc2ccn(C)n2)c(Cl)c1OC. The lowest BCUT2D eigenvalue weighted by Gasteiger charge is -2.16. The van der Waals surface area contributed by atoms with Gasteiger partial charge in [-0.05, 0) is 12.1 Å². The average molecular weight is 297 g/mol. The van der Waals surface area contributed by atoms with Crippen molar-refractivity contribution < 1.29 is 14.6 Å². The Morgan fingerprint density at radius 2 is 2.05 bits per heavy atom. The van der Waals surface area contributed by atoms with E-state index in [1.54, 1.807) is 16.8 Å². The van der Waals surface area contributed by atoms with Crippen LogP contribution < -0.4 is 9.47 Å². The fourth-order valence-electron chi connectivity index (χ4n) is 2.04. The Hall–Kier alpha value is -1.72. The molecule has 0 spiro atoms. The monoisotopic (exact) mass is 296 g/mol. The minimum atomic E-state index is -0.753. The molecule has 0 aliphatic rings. The Kier molecular flexibility index (Phi) is 4.52. The third-order valence-corrected chi connectivity index (χ3v) is 3.44. The fourth-order valence-corrected chi connectivity index (χ4v) is 2.40. The second-order valence-electron chi connectivity index (χ2n) is 4.40. The summed E-state index contributed by atoms with van der Waals surface area (Å²) < 4.78 is 12.1. The number of hydrogen-bond donors (Lipinski definition) is 1. The van der Waals surface area contributed by atoms with E-state index in [1.807, 2.05) is 19.3 Å². The summed E-state index contributed by atoms with van der Waals surface area (Å²) in [5.74, 6) is 0.957. The van der Waals surface area contributed by atoms with E-state index in [0.717, 1.165) is 5.69 Å². The predicted octanol–water partition coefficient (Wildman–Crippen LogP) is 2.37. The number of aliphatic hydroxyl groups is 1. The Labute approximate surface area is 122 Å². The summed E-state index contributed by atoms with van der Waals surface area (Å²) in [5.41, 5.74) is 1.39. The molecule has 0 saturated heterocycles. The number of benzene rings is 1. The van der Waals surface area contributed by atoms with Gasteiger partial charge in [-0.3, -0.25) is 4.68 Å². The van der Waals surface area contributed by atoms with Gasteiger partial charge in [-0.1, -0.05) is 17.7 Å². The van der Waals surface area contributed by atoms with Gasteiger partial charge in [0.2, 0.25) is 0 Å². The maximum absolute atomic E-state index is 10.3. The highest BCUT2D eigenvalue weighted by Gasteiger charge is 2.19. The van der Waals surface area contributed by atoms with Crippen LogP contribution in [0.25, 0.3) is 0 Å². The molecule has 0 saturated carbocycles. The topological polar surface area (TPSA) is 56.5 Å². The van der Waals surface area contributed by atoms with Crippen molar-refractivity contribution in [1.82, 2.24) is 9.78 Å². The number of nitrogens with zero attached hydrogens (tertiary/aromatic N) is 2. The zero-order valence-corrected chi connectivity index (χ0v) is 12.4. The van der Waals surface area contributed by atoms with Gasteiger partial charge in [0.15, 0.2) is 11.5 Å². The zero-order chi connectivity index (χ0) is 14.7. The summed E-state index contributed by atoms with van der Waals surface area (Å²) in [4.78, 5) is 0. The first-order valence-electron chi connectivity index (χ1n) is 6.13. The van der Waals surface area contributed by atoms with Crippen molar-refractivity contribution in [3.05, 3.63) is 40.7 Å².